The maximum absolute atomic E-state index is 12.2. The fraction of sp³-hybridized carbons (Fsp3) is 0.818. The molecule has 1 fully saturated rings. The number of nitrogens with one attached hydrogen (secondary N) is 1. The maximum Gasteiger partial charge on any atom is 0.242 e. The van der Waals surface area contributed by atoms with Crippen molar-refractivity contribution in [2.75, 3.05) is 13.2 Å². The number of nitrogens with two attached hydrogens (primary N) is 2. The third-order valence-electron chi connectivity index (χ3n) is 3.68. The lowest BCUT2D eigenvalue weighted by Gasteiger charge is -2.32. The number of amides is 2. The van der Waals surface area contributed by atoms with Gasteiger partial charge in [-0.05, 0) is 20.3 Å². The van der Waals surface area contributed by atoms with Crippen LogP contribution >= 0.6 is 0 Å². The van der Waals surface area contributed by atoms with Gasteiger partial charge in [-0.1, -0.05) is 6.92 Å². The number of rotatable bonds is 4. The van der Waals surface area contributed by atoms with Gasteiger partial charge in [-0.25, -0.2) is 0 Å². The van der Waals surface area contributed by atoms with Crippen molar-refractivity contribution < 1.29 is 14.3 Å². The van der Waals surface area contributed by atoms with Crippen molar-refractivity contribution in [1.82, 2.24) is 5.32 Å². The highest BCUT2D eigenvalue weighted by molar-refractivity contribution is 5.92. The average Bonchev–Trinajstić information content (AvgIpc) is 2.60. The van der Waals surface area contributed by atoms with Crippen molar-refractivity contribution in [2.45, 2.75) is 38.8 Å². The zero-order valence-electron chi connectivity index (χ0n) is 10.6. The second kappa shape index (κ2) is 4.62. The van der Waals surface area contributed by atoms with Crippen LogP contribution in [-0.4, -0.2) is 36.6 Å². The summed E-state index contributed by atoms with van der Waals surface area (Å²) in [5, 5.41) is 2.68. The number of hydrogen-bond donors (Lipinski definition) is 3. The molecule has 1 aliphatic rings. The Balaban J connectivity index is 2.81. The fourth-order valence-electron chi connectivity index (χ4n) is 1.64. The normalized spacial score (nSPS) is 31.9. The van der Waals surface area contributed by atoms with Gasteiger partial charge in [-0.3, -0.25) is 9.59 Å². The van der Waals surface area contributed by atoms with E-state index < -0.39 is 16.9 Å². The first-order valence-corrected chi connectivity index (χ1v) is 5.72. The highest BCUT2D eigenvalue weighted by atomic mass is 16.5. The van der Waals surface area contributed by atoms with Crippen molar-refractivity contribution in [1.29, 1.82) is 0 Å². The number of carbonyl (C=O) groups is 2. The van der Waals surface area contributed by atoms with E-state index in [9.17, 15) is 9.59 Å². The van der Waals surface area contributed by atoms with Crippen LogP contribution in [0, 0.1) is 5.41 Å². The van der Waals surface area contributed by atoms with Gasteiger partial charge >= 0.3 is 0 Å². The van der Waals surface area contributed by atoms with Crippen LogP contribution in [0.1, 0.15) is 27.2 Å². The van der Waals surface area contributed by atoms with E-state index in [-0.39, 0.29) is 18.6 Å². The Bertz CT molecular complexity index is 334. The standard InChI is InChI=1S/C11H21N3O3/c1-4-11(3,8(13)15)14-9(16)10(2)6-17-5-7(10)12/h7H,4-6,12H2,1-3H3,(H2,13,15)(H,14,16). The fourth-order valence-corrected chi connectivity index (χ4v) is 1.64. The van der Waals surface area contributed by atoms with Crippen molar-refractivity contribution in [3.05, 3.63) is 0 Å². The molecule has 1 rings (SSSR count). The summed E-state index contributed by atoms with van der Waals surface area (Å²) in [4.78, 5) is 23.5. The molecule has 98 valence electrons. The third-order valence-corrected chi connectivity index (χ3v) is 3.68. The van der Waals surface area contributed by atoms with Gasteiger partial charge in [0.15, 0.2) is 0 Å². The lowest BCUT2D eigenvalue weighted by atomic mass is 9.83. The Labute approximate surface area is 101 Å². The lowest BCUT2D eigenvalue weighted by Crippen LogP contribution is -2.60. The van der Waals surface area contributed by atoms with Crippen LogP contribution in [0.15, 0.2) is 0 Å². The van der Waals surface area contributed by atoms with Gasteiger partial charge in [0.1, 0.15) is 5.54 Å². The molecular weight excluding hydrogens is 222 g/mol. The number of ether oxygens (including phenoxy) is 1. The molecule has 1 heterocycles. The molecule has 1 saturated heterocycles. The molecular formula is C11H21N3O3. The Kier molecular flexibility index (Phi) is 3.78. The summed E-state index contributed by atoms with van der Waals surface area (Å²) < 4.78 is 5.20. The average molecular weight is 243 g/mol. The van der Waals surface area contributed by atoms with Crippen molar-refractivity contribution in [2.24, 2.45) is 16.9 Å². The lowest BCUT2D eigenvalue weighted by molar-refractivity contribution is -0.137. The molecule has 5 N–H and O–H groups in total. The number of carbonyl (C=O) groups excluding carboxylic acids is 2. The highest BCUT2D eigenvalue weighted by Gasteiger charge is 2.46. The molecule has 17 heavy (non-hydrogen) atoms. The summed E-state index contributed by atoms with van der Waals surface area (Å²) in [5.74, 6) is -0.838. The van der Waals surface area contributed by atoms with Crippen LogP contribution in [0.2, 0.25) is 0 Å². The molecule has 6 nitrogen and oxygen atoms in total. The van der Waals surface area contributed by atoms with E-state index in [1.807, 2.05) is 0 Å². The summed E-state index contributed by atoms with van der Waals surface area (Å²) >= 11 is 0. The van der Waals surface area contributed by atoms with Crippen LogP contribution < -0.4 is 16.8 Å². The predicted molar refractivity (Wildman–Crippen MR) is 62.9 cm³/mol. The molecule has 2 amide bonds. The SMILES string of the molecule is CCC(C)(NC(=O)C1(C)COCC1N)C(N)=O. The molecule has 0 saturated carbocycles. The van der Waals surface area contributed by atoms with Crippen molar-refractivity contribution >= 4 is 11.8 Å². The Hall–Kier alpha value is -1.14. The van der Waals surface area contributed by atoms with Gasteiger partial charge in [0.05, 0.1) is 18.6 Å². The molecule has 0 radical (unpaired) electrons. The van der Waals surface area contributed by atoms with E-state index in [1.165, 1.54) is 0 Å². The van der Waals surface area contributed by atoms with Crippen LogP contribution in [0.3, 0.4) is 0 Å². The molecule has 0 bridgehead atoms. The summed E-state index contributed by atoms with van der Waals surface area (Å²) in [5.41, 5.74) is 9.30. The molecule has 1 aliphatic heterocycles. The van der Waals surface area contributed by atoms with Gasteiger partial charge in [0.25, 0.3) is 0 Å². The molecule has 0 aliphatic carbocycles. The quantitative estimate of drug-likeness (QED) is 0.596. The molecule has 0 aromatic carbocycles. The minimum absolute atomic E-state index is 0.262. The topological polar surface area (TPSA) is 107 Å². The first-order valence-electron chi connectivity index (χ1n) is 5.72. The summed E-state index contributed by atoms with van der Waals surface area (Å²) in [6, 6.07) is -0.364. The number of primary amides is 1. The number of hydrogen-bond acceptors (Lipinski definition) is 4. The van der Waals surface area contributed by atoms with Gasteiger partial charge in [0.2, 0.25) is 11.8 Å². The van der Waals surface area contributed by atoms with E-state index in [1.54, 1.807) is 20.8 Å². The van der Waals surface area contributed by atoms with E-state index in [4.69, 9.17) is 16.2 Å². The largest absolute Gasteiger partial charge is 0.379 e. The van der Waals surface area contributed by atoms with Crippen molar-refractivity contribution in [3.8, 4) is 0 Å². The van der Waals surface area contributed by atoms with E-state index in [2.05, 4.69) is 5.32 Å². The first-order chi connectivity index (χ1) is 7.76. The van der Waals surface area contributed by atoms with E-state index in [0.717, 1.165) is 0 Å². The second-order valence-electron chi connectivity index (χ2n) is 5.04. The van der Waals surface area contributed by atoms with E-state index in [0.29, 0.717) is 13.0 Å². The second-order valence-corrected chi connectivity index (χ2v) is 5.04. The Morgan fingerprint density at radius 2 is 2.18 bits per heavy atom. The molecule has 3 atom stereocenters. The van der Waals surface area contributed by atoms with Crippen LogP contribution in [-0.2, 0) is 14.3 Å². The van der Waals surface area contributed by atoms with Gasteiger partial charge in [0, 0.05) is 6.04 Å². The van der Waals surface area contributed by atoms with Crippen LogP contribution in [0.25, 0.3) is 0 Å². The monoisotopic (exact) mass is 243 g/mol. The zero-order chi connectivity index (χ0) is 13.3. The zero-order valence-corrected chi connectivity index (χ0v) is 10.6. The summed E-state index contributed by atoms with van der Waals surface area (Å²) in [7, 11) is 0. The third kappa shape index (κ3) is 2.42. The summed E-state index contributed by atoms with van der Waals surface area (Å²) in [6.07, 6.45) is 0.431. The minimum atomic E-state index is -1.04. The van der Waals surface area contributed by atoms with Gasteiger partial charge in [-0.15, -0.1) is 0 Å². The van der Waals surface area contributed by atoms with Crippen molar-refractivity contribution in [3.63, 3.8) is 0 Å². The Morgan fingerprint density at radius 1 is 1.59 bits per heavy atom. The van der Waals surface area contributed by atoms with E-state index >= 15 is 0 Å². The first kappa shape index (κ1) is 13.9. The molecule has 0 aromatic heterocycles. The van der Waals surface area contributed by atoms with Gasteiger partial charge < -0.3 is 21.5 Å². The molecule has 3 unspecified atom stereocenters. The minimum Gasteiger partial charge on any atom is -0.379 e. The molecule has 6 heteroatoms. The molecule has 0 spiro atoms. The molecule has 0 aromatic rings. The van der Waals surface area contributed by atoms with Crippen LogP contribution in [0.4, 0.5) is 0 Å². The smallest absolute Gasteiger partial charge is 0.242 e. The maximum atomic E-state index is 12.2. The Morgan fingerprint density at radius 3 is 2.53 bits per heavy atom. The predicted octanol–water partition coefficient (Wildman–Crippen LogP) is -0.880. The highest BCUT2D eigenvalue weighted by Crippen LogP contribution is 2.28. The summed E-state index contributed by atoms with van der Waals surface area (Å²) in [6.45, 7) is 5.75. The van der Waals surface area contributed by atoms with Crippen LogP contribution in [0.5, 0.6) is 0 Å². The van der Waals surface area contributed by atoms with Gasteiger partial charge in [-0.2, -0.15) is 0 Å².